The number of hydrogen-bond donors (Lipinski definition) is 0. The van der Waals surface area contributed by atoms with E-state index in [1.54, 1.807) is 48.3 Å². The van der Waals surface area contributed by atoms with E-state index < -0.39 is 0 Å². The number of likely N-dealkylation sites (N-methyl/N-ethyl adjacent to an activating group) is 1. The summed E-state index contributed by atoms with van der Waals surface area (Å²) in [4.78, 5) is 26.7. The number of halogens is 1. The molecule has 0 saturated heterocycles. The molecule has 1 aliphatic heterocycles. The van der Waals surface area contributed by atoms with Crippen LogP contribution in [-0.2, 0) is 4.74 Å². The highest BCUT2D eigenvalue weighted by molar-refractivity contribution is 6.33. The lowest BCUT2D eigenvalue weighted by Gasteiger charge is -2.33. The molecule has 7 heteroatoms. The SMILES string of the molecule is Bc1cc(C2=CCOCC2N(C)C(=O)c2ccc(Oc3cccc(F)c3)cc2)c(C=O)cc1C. The molecule has 1 atom stereocenters. The van der Waals surface area contributed by atoms with Crippen molar-refractivity contribution in [2.75, 3.05) is 20.3 Å². The number of ether oxygens (including phenoxy) is 2. The molecule has 0 saturated carbocycles. The first-order valence-corrected chi connectivity index (χ1v) is 11.0. The highest BCUT2D eigenvalue weighted by atomic mass is 19.1. The van der Waals surface area contributed by atoms with E-state index in [1.807, 2.05) is 33.0 Å². The molecule has 1 heterocycles. The molecule has 0 aliphatic carbocycles. The Bertz CT molecular complexity index is 1260. The number of rotatable bonds is 6. The van der Waals surface area contributed by atoms with Crippen molar-refractivity contribution in [3.05, 3.63) is 94.8 Å². The van der Waals surface area contributed by atoms with E-state index in [0.29, 0.717) is 35.8 Å². The summed E-state index contributed by atoms with van der Waals surface area (Å²) in [6, 6.07) is 16.1. The van der Waals surface area contributed by atoms with Gasteiger partial charge in [0, 0.05) is 24.2 Å². The van der Waals surface area contributed by atoms with Crippen LogP contribution >= 0.6 is 0 Å². The van der Waals surface area contributed by atoms with Crippen LogP contribution in [0.15, 0.2) is 66.7 Å². The molecule has 0 radical (unpaired) electrons. The molecule has 0 bridgehead atoms. The lowest BCUT2D eigenvalue weighted by atomic mass is 9.83. The van der Waals surface area contributed by atoms with Crippen molar-refractivity contribution >= 4 is 31.1 Å². The molecule has 3 aromatic carbocycles. The molecule has 1 unspecified atom stereocenters. The molecule has 0 spiro atoms. The Hall–Kier alpha value is -3.71. The molecule has 0 fully saturated rings. The number of aldehydes is 1. The van der Waals surface area contributed by atoms with Gasteiger partial charge in [-0.1, -0.05) is 29.2 Å². The van der Waals surface area contributed by atoms with E-state index >= 15 is 0 Å². The topological polar surface area (TPSA) is 55.8 Å². The van der Waals surface area contributed by atoms with Crippen molar-refractivity contribution in [1.82, 2.24) is 4.90 Å². The first-order valence-electron chi connectivity index (χ1n) is 11.0. The van der Waals surface area contributed by atoms with Gasteiger partial charge in [0.15, 0.2) is 6.29 Å². The molecule has 0 N–H and O–H groups in total. The van der Waals surface area contributed by atoms with Crippen molar-refractivity contribution < 1.29 is 23.5 Å². The van der Waals surface area contributed by atoms with E-state index in [1.165, 1.54) is 12.1 Å². The summed E-state index contributed by atoms with van der Waals surface area (Å²) in [6.07, 6.45) is 2.79. The molecular formula is C27H25BFNO4. The number of amides is 1. The quantitative estimate of drug-likeness (QED) is 0.420. The van der Waals surface area contributed by atoms with Crippen molar-refractivity contribution in [2.45, 2.75) is 13.0 Å². The molecule has 0 aromatic heterocycles. The Morgan fingerprint density at radius 2 is 1.91 bits per heavy atom. The Morgan fingerprint density at radius 3 is 2.62 bits per heavy atom. The van der Waals surface area contributed by atoms with E-state index in [0.717, 1.165) is 28.4 Å². The summed E-state index contributed by atoms with van der Waals surface area (Å²) < 4.78 is 24.7. The smallest absolute Gasteiger partial charge is 0.254 e. The summed E-state index contributed by atoms with van der Waals surface area (Å²) in [6.45, 7) is 2.73. The number of benzene rings is 3. The third-order valence-corrected chi connectivity index (χ3v) is 6.08. The normalized spacial score (nSPS) is 15.4. The first kappa shape index (κ1) is 23.5. The number of hydrogen-bond acceptors (Lipinski definition) is 4. The van der Waals surface area contributed by atoms with Gasteiger partial charge in [0.2, 0.25) is 0 Å². The van der Waals surface area contributed by atoms with Crippen molar-refractivity contribution in [1.29, 1.82) is 0 Å². The van der Waals surface area contributed by atoms with Crippen molar-refractivity contribution in [3.63, 3.8) is 0 Å². The average molecular weight is 457 g/mol. The second kappa shape index (κ2) is 10.1. The molecular weight excluding hydrogens is 432 g/mol. The van der Waals surface area contributed by atoms with Crippen molar-refractivity contribution in [2.24, 2.45) is 0 Å². The standard InChI is InChI=1S/C27H25BFNO4/c1-17-12-19(15-31)24(14-25(17)28)23-10-11-33-16-26(23)30(2)27(32)18-6-8-21(9-7-18)34-22-5-3-4-20(29)13-22/h3-10,12-15,26H,11,16,28H2,1-2H3. The first-order chi connectivity index (χ1) is 16.4. The second-order valence-corrected chi connectivity index (χ2v) is 8.35. The minimum absolute atomic E-state index is 0.185. The highest BCUT2D eigenvalue weighted by Crippen LogP contribution is 2.29. The van der Waals surface area contributed by atoms with Crippen LogP contribution in [-0.4, -0.2) is 51.2 Å². The van der Waals surface area contributed by atoms with E-state index in [4.69, 9.17) is 9.47 Å². The highest BCUT2D eigenvalue weighted by Gasteiger charge is 2.29. The summed E-state index contributed by atoms with van der Waals surface area (Å²) in [5.41, 5.74) is 4.92. The van der Waals surface area contributed by atoms with Crippen LogP contribution in [0.2, 0.25) is 0 Å². The number of carbonyl (C=O) groups is 2. The fraction of sp³-hybridized carbons (Fsp3) is 0.185. The molecule has 1 aliphatic rings. The van der Waals surface area contributed by atoms with Gasteiger partial charge in [0.25, 0.3) is 5.91 Å². The van der Waals surface area contributed by atoms with Crippen LogP contribution in [0.25, 0.3) is 5.57 Å². The molecule has 5 nitrogen and oxygen atoms in total. The van der Waals surface area contributed by atoms with Crippen LogP contribution in [0.1, 0.15) is 31.8 Å². The maximum atomic E-state index is 13.4. The minimum Gasteiger partial charge on any atom is -0.457 e. The molecule has 3 aromatic rings. The Balaban J connectivity index is 1.56. The Morgan fingerprint density at radius 1 is 1.15 bits per heavy atom. The Kier molecular flexibility index (Phi) is 6.94. The summed E-state index contributed by atoms with van der Waals surface area (Å²) in [7, 11) is 3.74. The van der Waals surface area contributed by atoms with Crippen LogP contribution in [0.5, 0.6) is 11.5 Å². The van der Waals surface area contributed by atoms with Crippen LogP contribution < -0.4 is 10.2 Å². The van der Waals surface area contributed by atoms with Crippen LogP contribution in [0.3, 0.4) is 0 Å². The summed E-state index contributed by atoms with van der Waals surface area (Å²) >= 11 is 0. The molecule has 4 rings (SSSR count). The van der Waals surface area contributed by atoms with Gasteiger partial charge >= 0.3 is 0 Å². The third-order valence-electron chi connectivity index (χ3n) is 6.08. The van der Waals surface area contributed by atoms with E-state index in [-0.39, 0.29) is 17.8 Å². The van der Waals surface area contributed by atoms with Gasteiger partial charge in [-0.2, -0.15) is 0 Å². The predicted molar refractivity (Wildman–Crippen MR) is 132 cm³/mol. The number of carbonyl (C=O) groups excluding carboxylic acids is 2. The monoisotopic (exact) mass is 457 g/mol. The summed E-state index contributed by atoms with van der Waals surface area (Å²) in [5.74, 6) is 0.308. The third kappa shape index (κ3) is 4.94. The van der Waals surface area contributed by atoms with Gasteiger partial charge < -0.3 is 14.4 Å². The van der Waals surface area contributed by atoms with Gasteiger partial charge in [-0.3, -0.25) is 9.59 Å². The van der Waals surface area contributed by atoms with Gasteiger partial charge in [-0.05, 0) is 60.5 Å². The zero-order valence-electron chi connectivity index (χ0n) is 19.4. The molecule has 1 amide bonds. The maximum absolute atomic E-state index is 13.4. The number of nitrogens with zero attached hydrogens (tertiary/aromatic N) is 1. The number of aryl methyl sites for hydroxylation is 1. The summed E-state index contributed by atoms with van der Waals surface area (Å²) in [5, 5.41) is 0. The largest absolute Gasteiger partial charge is 0.457 e. The van der Waals surface area contributed by atoms with Crippen LogP contribution in [0, 0.1) is 12.7 Å². The second-order valence-electron chi connectivity index (χ2n) is 8.35. The fourth-order valence-electron chi connectivity index (χ4n) is 4.03. The van der Waals surface area contributed by atoms with E-state index in [9.17, 15) is 14.0 Å². The molecule has 34 heavy (non-hydrogen) atoms. The maximum Gasteiger partial charge on any atom is 0.254 e. The average Bonchev–Trinajstić information content (AvgIpc) is 2.85. The van der Waals surface area contributed by atoms with Crippen molar-refractivity contribution in [3.8, 4) is 11.5 Å². The van der Waals surface area contributed by atoms with Gasteiger partial charge in [0.05, 0.1) is 19.3 Å². The zero-order valence-corrected chi connectivity index (χ0v) is 19.4. The van der Waals surface area contributed by atoms with E-state index in [2.05, 4.69) is 0 Å². The lowest BCUT2D eigenvalue weighted by molar-refractivity contribution is 0.0620. The van der Waals surface area contributed by atoms with Gasteiger partial charge in [0.1, 0.15) is 25.2 Å². The lowest BCUT2D eigenvalue weighted by Crippen LogP contribution is -2.42. The Labute approximate surface area is 199 Å². The minimum atomic E-state index is -0.383. The van der Waals surface area contributed by atoms with Gasteiger partial charge in [-0.25, -0.2) is 4.39 Å². The predicted octanol–water partition coefficient (Wildman–Crippen LogP) is 3.55. The van der Waals surface area contributed by atoms with Crippen LogP contribution in [0.4, 0.5) is 4.39 Å². The fourth-order valence-corrected chi connectivity index (χ4v) is 4.03. The van der Waals surface area contributed by atoms with Gasteiger partial charge in [-0.15, -0.1) is 0 Å². The zero-order chi connectivity index (χ0) is 24.2. The molecule has 172 valence electrons.